The number of aryl methyl sites for hydroxylation is 2. The molecule has 0 atom stereocenters. The predicted octanol–water partition coefficient (Wildman–Crippen LogP) is 4.97. The number of rotatable bonds is 5. The molecule has 1 fully saturated rings. The average Bonchev–Trinajstić information content (AvgIpc) is 3.53. The lowest BCUT2D eigenvalue weighted by atomic mass is 9.95. The molecule has 0 aliphatic carbocycles. The van der Waals surface area contributed by atoms with Crippen molar-refractivity contribution in [1.82, 2.24) is 20.1 Å². The highest BCUT2D eigenvalue weighted by Crippen LogP contribution is 2.26. The topological polar surface area (TPSA) is 101 Å². The highest BCUT2D eigenvalue weighted by Gasteiger charge is 2.28. The van der Waals surface area contributed by atoms with Crippen LogP contribution in [-0.2, 0) is 4.79 Å². The minimum atomic E-state index is -0.120. The molecule has 1 aliphatic heterocycles. The van der Waals surface area contributed by atoms with Crippen molar-refractivity contribution in [1.29, 1.82) is 0 Å². The van der Waals surface area contributed by atoms with Gasteiger partial charge in [-0.15, -0.1) is 21.5 Å². The van der Waals surface area contributed by atoms with Crippen LogP contribution in [0.5, 0.6) is 0 Å². The number of piperidine rings is 1. The molecule has 0 saturated carbocycles. The van der Waals surface area contributed by atoms with Gasteiger partial charge >= 0.3 is 0 Å². The average molecular weight is 488 g/mol. The van der Waals surface area contributed by atoms with Gasteiger partial charge in [-0.1, -0.05) is 17.7 Å². The number of carbonyl (C=O) groups excluding carboxylic acids is 2. The van der Waals surface area contributed by atoms with Gasteiger partial charge in [0.2, 0.25) is 17.7 Å². The fourth-order valence-electron chi connectivity index (χ4n) is 4.14. The number of hydrogen-bond acceptors (Lipinski definition) is 7. The lowest BCUT2D eigenvalue weighted by Crippen LogP contribution is -2.41. The van der Waals surface area contributed by atoms with Crippen LogP contribution in [0.1, 0.15) is 34.5 Å². The van der Waals surface area contributed by atoms with E-state index >= 15 is 0 Å². The van der Waals surface area contributed by atoms with E-state index in [9.17, 15) is 9.59 Å². The van der Waals surface area contributed by atoms with Crippen LogP contribution < -0.4 is 5.32 Å². The summed E-state index contributed by atoms with van der Waals surface area (Å²) in [6.45, 7) is 4.99. The summed E-state index contributed by atoms with van der Waals surface area (Å²) in [4.78, 5) is 31.6. The molecular formula is C26H25N5O3S. The molecule has 2 aromatic heterocycles. The Hall–Kier alpha value is -3.85. The van der Waals surface area contributed by atoms with Crippen molar-refractivity contribution in [3.63, 3.8) is 0 Å². The Labute approximate surface area is 207 Å². The first-order chi connectivity index (χ1) is 17.0. The van der Waals surface area contributed by atoms with Crippen molar-refractivity contribution >= 4 is 28.3 Å². The van der Waals surface area contributed by atoms with E-state index in [2.05, 4.69) is 20.5 Å². The Balaban J connectivity index is 1.19. The number of nitrogens with zero attached hydrogens (tertiary/aromatic N) is 4. The molecule has 0 bridgehead atoms. The van der Waals surface area contributed by atoms with Crippen LogP contribution >= 0.6 is 11.3 Å². The first-order valence-electron chi connectivity index (χ1n) is 11.5. The number of hydrogen-bond donors (Lipinski definition) is 1. The third-order valence-corrected chi connectivity index (χ3v) is 6.95. The first kappa shape index (κ1) is 22.9. The second-order valence-electron chi connectivity index (χ2n) is 8.71. The van der Waals surface area contributed by atoms with Crippen molar-refractivity contribution < 1.29 is 14.0 Å². The van der Waals surface area contributed by atoms with E-state index in [0.29, 0.717) is 48.4 Å². The smallest absolute Gasteiger partial charge is 0.253 e. The van der Waals surface area contributed by atoms with Gasteiger partial charge in [0, 0.05) is 41.1 Å². The standard InChI is InChI=1S/C26H25N5O3S/c1-16-4-3-5-21(14-16)24-30-29-23(34-24)19-6-8-20(9-7-19)25(33)31-12-10-18(11-13-31)22(32)28-26-27-17(2)15-35-26/h3-9,14-15,18H,10-13H2,1-2H3,(H,27,28,32). The summed E-state index contributed by atoms with van der Waals surface area (Å²) in [5.41, 5.74) is 4.22. The zero-order chi connectivity index (χ0) is 24.4. The van der Waals surface area contributed by atoms with Gasteiger partial charge in [0.1, 0.15) is 0 Å². The minimum absolute atomic E-state index is 0.0274. The molecule has 0 unspecified atom stereocenters. The van der Waals surface area contributed by atoms with Gasteiger partial charge in [0.25, 0.3) is 5.91 Å². The molecule has 2 aromatic carbocycles. The Morgan fingerprint density at radius 3 is 2.37 bits per heavy atom. The van der Waals surface area contributed by atoms with Gasteiger partial charge in [0.05, 0.1) is 5.69 Å². The summed E-state index contributed by atoms with van der Waals surface area (Å²) in [6, 6.07) is 15.1. The van der Waals surface area contributed by atoms with E-state index in [0.717, 1.165) is 22.4 Å². The maximum atomic E-state index is 13.0. The van der Waals surface area contributed by atoms with Gasteiger partial charge < -0.3 is 14.6 Å². The summed E-state index contributed by atoms with van der Waals surface area (Å²) in [5.74, 6) is 0.673. The maximum absolute atomic E-state index is 13.0. The molecule has 1 saturated heterocycles. The lowest BCUT2D eigenvalue weighted by molar-refractivity contribution is -0.121. The van der Waals surface area contributed by atoms with E-state index < -0.39 is 0 Å². The quantitative estimate of drug-likeness (QED) is 0.427. The lowest BCUT2D eigenvalue weighted by Gasteiger charge is -2.31. The summed E-state index contributed by atoms with van der Waals surface area (Å²) >= 11 is 1.42. The fourth-order valence-corrected chi connectivity index (χ4v) is 4.83. The van der Waals surface area contributed by atoms with Gasteiger partial charge in [0.15, 0.2) is 5.13 Å². The van der Waals surface area contributed by atoms with Gasteiger partial charge in [-0.3, -0.25) is 9.59 Å². The summed E-state index contributed by atoms with van der Waals surface area (Å²) in [7, 11) is 0. The van der Waals surface area contributed by atoms with Crippen LogP contribution in [0.25, 0.3) is 22.9 Å². The molecule has 178 valence electrons. The molecule has 8 nitrogen and oxygen atoms in total. The number of carbonyl (C=O) groups is 2. The Morgan fingerprint density at radius 2 is 1.71 bits per heavy atom. The third-order valence-electron chi connectivity index (χ3n) is 6.07. The molecule has 1 N–H and O–H groups in total. The highest BCUT2D eigenvalue weighted by molar-refractivity contribution is 7.13. The number of likely N-dealkylation sites (tertiary alicyclic amines) is 1. The van der Waals surface area contributed by atoms with Gasteiger partial charge in [-0.05, 0) is 63.1 Å². The van der Waals surface area contributed by atoms with Crippen molar-refractivity contribution in [3.8, 4) is 22.9 Å². The molecule has 1 aliphatic rings. The Morgan fingerprint density at radius 1 is 1.00 bits per heavy atom. The Kier molecular flexibility index (Phi) is 6.41. The SMILES string of the molecule is Cc1cccc(-c2nnc(-c3ccc(C(=O)N4CCC(C(=O)Nc5nc(C)cs5)CC4)cc3)o2)c1. The molecule has 0 spiro atoms. The minimum Gasteiger partial charge on any atom is -0.416 e. The fraction of sp³-hybridized carbons (Fsp3) is 0.269. The summed E-state index contributed by atoms with van der Waals surface area (Å²) < 4.78 is 5.85. The first-order valence-corrected chi connectivity index (χ1v) is 12.4. The van der Waals surface area contributed by atoms with Gasteiger partial charge in [-0.2, -0.15) is 0 Å². The largest absolute Gasteiger partial charge is 0.416 e. The molecule has 4 aromatic rings. The zero-order valence-electron chi connectivity index (χ0n) is 19.5. The van der Waals surface area contributed by atoms with Crippen molar-refractivity contribution in [2.24, 2.45) is 5.92 Å². The van der Waals surface area contributed by atoms with Crippen molar-refractivity contribution in [2.75, 3.05) is 18.4 Å². The molecule has 0 radical (unpaired) electrons. The van der Waals surface area contributed by atoms with E-state index in [4.69, 9.17) is 4.42 Å². The second-order valence-corrected chi connectivity index (χ2v) is 9.57. The van der Waals surface area contributed by atoms with Crippen LogP contribution in [0.2, 0.25) is 0 Å². The normalized spacial score (nSPS) is 14.2. The third kappa shape index (κ3) is 5.14. The maximum Gasteiger partial charge on any atom is 0.253 e. The number of thiazole rings is 1. The van der Waals surface area contributed by atoms with Crippen LogP contribution in [-0.4, -0.2) is 45.0 Å². The summed E-state index contributed by atoms with van der Waals surface area (Å²) in [6.07, 6.45) is 1.26. The predicted molar refractivity (Wildman–Crippen MR) is 134 cm³/mol. The van der Waals surface area contributed by atoms with Crippen LogP contribution in [0.4, 0.5) is 5.13 Å². The van der Waals surface area contributed by atoms with Crippen molar-refractivity contribution in [3.05, 3.63) is 70.7 Å². The second kappa shape index (κ2) is 9.79. The van der Waals surface area contributed by atoms with Gasteiger partial charge in [-0.25, -0.2) is 4.98 Å². The van der Waals surface area contributed by atoms with E-state index in [1.165, 1.54) is 11.3 Å². The number of anilines is 1. The molecule has 9 heteroatoms. The number of nitrogens with one attached hydrogen (secondary N) is 1. The van der Waals surface area contributed by atoms with Crippen LogP contribution in [0.15, 0.2) is 58.3 Å². The molecule has 3 heterocycles. The molecule has 35 heavy (non-hydrogen) atoms. The Bertz CT molecular complexity index is 1350. The zero-order valence-corrected chi connectivity index (χ0v) is 20.3. The van der Waals surface area contributed by atoms with Crippen LogP contribution in [0.3, 0.4) is 0 Å². The molecule has 5 rings (SSSR count). The molecular weight excluding hydrogens is 462 g/mol. The number of amides is 2. The number of aromatic nitrogens is 3. The van der Waals surface area contributed by atoms with Crippen molar-refractivity contribution in [2.45, 2.75) is 26.7 Å². The van der Waals surface area contributed by atoms with E-state index in [1.807, 2.05) is 55.6 Å². The van der Waals surface area contributed by atoms with E-state index in [1.54, 1.807) is 17.0 Å². The van der Waals surface area contributed by atoms with E-state index in [-0.39, 0.29) is 17.7 Å². The highest BCUT2D eigenvalue weighted by atomic mass is 32.1. The number of benzene rings is 2. The van der Waals surface area contributed by atoms with Crippen LogP contribution in [0, 0.1) is 19.8 Å². The summed E-state index contributed by atoms with van der Waals surface area (Å²) in [5, 5.41) is 13.7. The monoisotopic (exact) mass is 487 g/mol. The molecule has 2 amide bonds.